The maximum Gasteiger partial charge on any atom is 0.191 e. The number of guanidine groups is 1. The molecule has 4 fully saturated rings. The Bertz CT molecular complexity index is 334. The van der Waals surface area contributed by atoms with Gasteiger partial charge >= 0.3 is 0 Å². The summed E-state index contributed by atoms with van der Waals surface area (Å²) in [4.78, 5) is 9.46. The lowest BCUT2D eigenvalue weighted by atomic mass is 10.1. The summed E-state index contributed by atoms with van der Waals surface area (Å²) in [7, 11) is 1.83. The molecule has 0 aromatic heterocycles. The first-order valence-electron chi connectivity index (χ1n) is 7.87. The number of ether oxygens (including phenoxy) is 1. The van der Waals surface area contributed by atoms with Gasteiger partial charge in [-0.25, -0.2) is 0 Å². The zero-order valence-electron chi connectivity index (χ0n) is 12.5. The number of aliphatic imine (C=N–C) groups is 1. The summed E-state index contributed by atoms with van der Waals surface area (Å²) in [6, 6.07) is 0.624. The first kappa shape index (κ1) is 14.1. The number of nitrogens with one attached hydrogen (secondary N) is 2. The third kappa shape index (κ3) is 3.42. The van der Waals surface area contributed by atoms with Crippen LogP contribution in [-0.4, -0.2) is 87.4 Å². The second-order valence-corrected chi connectivity index (χ2v) is 5.96. The van der Waals surface area contributed by atoms with Gasteiger partial charge in [0, 0.05) is 65.5 Å². The summed E-state index contributed by atoms with van der Waals surface area (Å²) in [5, 5.41) is 6.84. The van der Waals surface area contributed by atoms with E-state index < -0.39 is 0 Å². The molecule has 4 heterocycles. The van der Waals surface area contributed by atoms with Crippen LogP contribution in [0.1, 0.15) is 12.8 Å². The maximum atomic E-state index is 5.62. The van der Waals surface area contributed by atoms with Crippen LogP contribution in [0.4, 0.5) is 0 Å². The molecule has 0 aromatic carbocycles. The fourth-order valence-electron chi connectivity index (χ4n) is 3.37. The molecule has 6 nitrogen and oxygen atoms in total. The molecule has 2 atom stereocenters. The summed E-state index contributed by atoms with van der Waals surface area (Å²) in [5.41, 5.74) is 0. The predicted molar refractivity (Wildman–Crippen MR) is 80.1 cm³/mol. The molecule has 4 aliphatic heterocycles. The lowest BCUT2D eigenvalue weighted by Gasteiger charge is -2.47. The Labute approximate surface area is 121 Å². The van der Waals surface area contributed by atoms with Crippen molar-refractivity contribution in [2.45, 2.75) is 25.0 Å². The zero-order chi connectivity index (χ0) is 13.8. The van der Waals surface area contributed by atoms with Crippen LogP contribution in [0.2, 0.25) is 0 Å². The van der Waals surface area contributed by atoms with Crippen molar-refractivity contribution in [2.24, 2.45) is 4.99 Å². The van der Waals surface area contributed by atoms with Crippen molar-refractivity contribution in [1.82, 2.24) is 20.4 Å². The van der Waals surface area contributed by atoms with Gasteiger partial charge in [-0.2, -0.15) is 0 Å². The summed E-state index contributed by atoms with van der Waals surface area (Å²) >= 11 is 0. The fourth-order valence-corrected chi connectivity index (χ4v) is 3.37. The molecular formula is C14H27N5O. The van der Waals surface area contributed by atoms with Gasteiger partial charge in [-0.05, 0) is 12.8 Å². The van der Waals surface area contributed by atoms with Crippen molar-refractivity contribution in [3.05, 3.63) is 0 Å². The first-order valence-corrected chi connectivity index (χ1v) is 7.87. The molecule has 0 aromatic rings. The molecule has 0 aliphatic carbocycles. The van der Waals surface area contributed by atoms with Crippen molar-refractivity contribution < 1.29 is 4.74 Å². The topological polar surface area (TPSA) is 52.1 Å². The molecule has 20 heavy (non-hydrogen) atoms. The van der Waals surface area contributed by atoms with Crippen LogP contribution in [0.3, 0.4) is 0 Å². The van der Waals surface area contributed by atoms with Gasteiger partial charge in [0.2, 0.25) is 0 Å². The normalized spacial score (nSPS) is 37.1. The molecule has 2 bridgehead atoms. The number of rotatable bonds is 4. The van der Waals surface area contributed by atoms with Gasteiger partial charge in [-0.3, -0.25) is 14.8 Å². The molecule has 6 heteroatoms. The highest BCUT2D eigenvalue weighted by atomic mass is 16.5. The van der Waals surface area contributed by atoms with E-state index in [1.54, 1.807) is 0 Å². The highest BCUT2D eigenvalue weighted by molar-refractivity contribution is 5.79. The fraction of sp³-hybridized carbons (Fsp3) is 0.929. The zero-order valence-corrected chi connectivity index (χ0v) is 12.5. The van der Waals surface area contributed by atoms with Gasteiger partial charge in [0.15, 0.2) is 5.96 Å². The molecule has 0 saturated carbocycles. The van der Waals surface area contributed by atoms with E-state index >= 15 is 0 Å². The van der Waals surface area contributed by atoms with Crippen molar-refractivity contribution in [3.8, 4) is 0 Å². The van der Waals surface area contributed by atoms with Crippen LogP contribution < -0.4 is 10.6 Å². The van der Waals surface area contributed by atoms with Gasteiger partial charge in [0.1, 0.15) is 0 Å². The Morgan fingerprint density at radius 1 is 1.20 bits per heavy atom. The number of fused-ring (bicyclic) bond motifs is 3. The lowest BCUT2D eigenvalue weighted by Crippen LogP contribution is -2.63. The molecule has 4 rings (SSSR count). The Balaban J connectivity index is 1.39. The number of piperazine rings is 3. The van der Waals surface area contributed by atoms with E-state index in [2.05, 4.69) is 25.4 Å². The standard InChI is InChI=1S/C14H27N5O/c1-15-14(17-10-13-3-2-8-20-13)16-9-12-11-18-4-6-19(12)7-5-18/h12-13H,2-11H2,1H3,(H2,15,16,17). The third-order valence-electron chi connectivity index (χ3n) is 4.64. The second-order valence-electron chi connectivity index (χ2n) is 5.96. The number of nitrogens with zero attached hydrogens (tertiary/aromatic N) is 3. The Kier molecular flexibility index (Phi) is 4.75. The molecule has 4 aliphatic rings. The van der Waals surface area contributed by atoms with E-state index in [-0.39, 0.29) is 0 Å². The molecule has 0 amide bonds. The summed E-state index contributed by atoms with van der Waals surface area (Å²) in [5.74, 6) is 0.901. The van der Waals surface area contributed by atoms with E-state index in [0.29, 0.717) is 12.1 Å². The van der Waals surface area contributed by atoms with Crippen LogP contribution in [-0.2, 0) is 4.74 Å². The monoisotopic (exact) mass is 281 g/mol. The van der Waals surface area contributed by atoms with E-state index in [9.17, 15) is 0 Å². The molecular weight excluding hydrogens is 254 g/mol. The molecule has 2 N–H and O–H groups in total. The highest BCUT2D eigenvalue weighted by Crippen LogP contribution is 2.14. The van der Waals surface area contributed by atoms with Crippen molar-refractivity contribution >= 4 is 5.96 Å². The molecule has 114 valence electrons. The van der Waals surface area contributed by atoms with Gasteiger partial charge in [0.05, 0.1) is 6.10 Å². The van der Waals surface area contributed by atoms with Crippen LogP contribution in [0.25, 0.3) is 0 Å². The van der Waals surface area contributed by atoms with Crippen LogP contribution >= 0.6 is 0 Å². The minimum Gasteiger partial charge on any atom is -0.376 e. The van der Waals surface area contributed by atoms with Gasteiger partial charge in [-0.15, -0.1) is 0 Å². The first-order chi connectivity index (χ1) is 9.85. The Hall–Kier alpha value is -0.850. The maximum absolute atomic E-state index is 5.62. The van der Waals surface area contributed by atoms with E-state index in [0.717, 1.165) is 32.1 Å². The molecule has 4 saturated heterocycles. The third-order valence-corrected chi connectivity index (χ3v) is 4.64. The quantitative estimate of drug-likeness (QED) is 0.529. The summed E-state index contributed by atoms with van der Waals surface area (Å²) in [6.45, 7) is 8.84. The minimum absolute atomic E-state index is 0.356. The largest absolute Gasteiger partial charge is 0.376 e. The minimum atomic E-state index is 0.356. The van der Waals surface area contributed by atoms with Gasteiger partial charge in [0.25, 0.3) is 0 Å². The second kappa shape index (κ2) is 6.74. The van der Waals surface area contributed by atoms with Gasteiger partial charge < -0.3 is 15.4 Å². The van der Waals surface area contributed by atoms with Crippen molar-refractivity contribution in [3.63, 3.8) is 0 Å². The van der Waals surface area contributed by atoms with Crippen LogP contribution in [0.15, 0.2) is 4.99 Å². The van der Waals surface area contributed by atoms with Crippen LogP contribution in [0, 0.1) is 0 Å². The average Bonchev–Trinajstić information content (AvgIpc) is 3.02. The van der Waals surface area contributed by atoms with E-state index in [1.165, 1.54) is 39.1 Å². The smallest absolute Gasteiger partial charge is 0.191 e. The summed E-state index contributed by atoms with van der Waals surface area (Å²) < 4.78 is 5.62. The van der Waals surface area contributed by atoms with Gasteiger partial charge in [-0.1, -0.05) is 0 Å². The number of hydrogen-bond donors (Lipinski definition) is 2. The lowest BCUT2D eigenvalue weighted by molar-refractivity contribution is 0.0154. The van der Waals surface area contributed by atoms with E-state index in [4.69, 9.17) is 4.74 Å². The van der Waals surface area contributed by atoms with Crippen molar-refractivity contribution in [2.75, 3.05) is 59.5 Å². The molecule has 0 radical (unpaired) electrons. The Morgan fingerprint density at radius 2 is 2.00 bits per heavy atom. The van der Waals surface area contributed by atoms with Crippen LogP contribution in [0.5, 0.6) is 0 Å². The molecule has 0 spiro atoms. The van der Waals surface area contributed by atoms with Crippen molar-refractivity contribution in [1.29, 1.82) is 0 Å². The molecule has 2 unspecified atom stereocenters. The highest BCUT2D eigenvalue weighted by Gasteiger charge is 2.31. The Morgan fingerprint density at radius 3 is 2.60 bits per heavy atom. The predicted octanol–water partition coefficient (Wildman–Crippen LogP) is -0.670. The average molecular weight is 281 g/mol. The van der Waals surface area contributed by atoms with E-state index in [1.807, 2.05) is 7.05 Å². The number of hydrogen-bond acceptors (Lipinski definition) is 4. The summed E-state index contributed by atoms with van der Waals surface area (Å²) in [6.07, 6.45) is 2.70. The SMILES string of the molecule is CN=C(NCC1CCCO1)NCC1CN2CCN1CC2.